The number of rotatable bonds is 8. The molecular formula is C19H22N6O3. The third kappa shape index (κ3) is 4.37. The van der Waals surface area contributed by atoms with E-state index in [9.17, 15) is 4.79 Å². The number of benzene rings is 1. The third-order valence-electron chi connectivity index (χ3n) is 4.09. The summed E-state index contributed by atoms with van der Waals surface area (Å²) in [4.78, 5) is 24.9. The number of ether oxygens (including phenoxy) is 2. The lowest BCUT2D eigenvalue weighted by Gasteiger charge is -2.11. The summed E-state index contributed by atoms with van der Waals surface area (Å²) in [7, 11) is 3.08. The molecule has 9 nitrogen and oxygen atoms in total. The molecule has 0 aliphatic carbocycles. The molecule has 0 atom stereocenters. The predicted molar refractivity (Wildman–Crippen MR) is 104 cm³/mol. The zero-order chi connectivity index (χ0) is 19.9. The highest BCUT2D eigenvalue weighted by Gasteiger charge is 2.10. The Labute approximate surface area is 162 Å². The van der Waals surface area contributed by atoms with E-state index in [1.54, 1.807) is 31.5 Å². The van der Waals surface area contributed by atoms with Gasteiger partial charge in [0.25, 0.3) is 5.91 Å². The number of aryl methyl sites for hydroxylation is 1. The summed E-state index contributed by atoms with van der Waals surface area (Å²) in [6, 6.07) is 6.86. The molecule has 1 aromatic carbocycles. The quantitative estimate of drug-likeness (QED) is 0.573. The van der Waals surface area contributed by atoms with Crippen LogP contribution in [0.2, 0.25) is 0 Å². The molecule has 2 heterocycles. The molecule has 146 valence electrons. The Morgan fingerprint density at radius 1 is 1.07 bits per heavy atom. The molecule has 1 amide bonds. The number of hydrogen-bond acceptors (Lipinski definition) is 7. The van der Waals surface area contributed by atoms with Gasteiger partial charge in [-0.25, -0.2) is 15.0 Å². The van der Waals surface area contributed by atoms with Gasteiger partial charge >= 0.3 is 0 Å². The molecule has 0 bridgehead atoms. The molecule has 0 aliphatic rings. The van der Waals surface area contributed by atoms with Crippen molar-refractivity contribution in [1.29, 1.82) is 0 Å². The number of anilines is 1. The number of nitrogens with one attached hydrogen (secondary N) is 2. The van der Waals surface area contributed by atoms with E-state index in [0.717, 1.165) is 11.6 Å². The summed E-state index contributed by atoms with van der Waals surface area (Å²) in [5.41, 5.74) is 0.498. The van der Waals surface area contributed by atoms with Crippen molar-refractivity contribution in [3.63, 3.8) is 0 Å². The lowest BCUT2D eigenvalue weighted by Crippen LogP contribution is -2.29. The van der Waals surface area contributed by atoms with Crippen LogP contribution in [0.5, 0.6) is 11.5 Å². The van der Waals surface area contributed by atoms with Gasteiger partial charge in [-0.15, -0.1) is 0 Å². The van der Waals surface area contributed by atoms with Gasteiger partial charge in [0.1, 0.15) is 23.8 Å². The van der Waals surface area contributed by atoms with Gasteiger partial charge in [-0.3, -0.25) is 9.36 Å². The van der Waals surface area contributed by atoms with Crippen molar-refractivity contribution in [3.8, 4) is 17.3 Å². The van der Waals surface area contributed by atoms with E-state index in [1.165, 1.54) is 13.4 Å². The molecule has 0 fully saturated rings. The van der Waals surface area contributed by atoms with Gasteiger partial charge < -0.3 is 20.1 Å². The number of methoxy groups -OCH3 is 2. The highest BCUT2D eigenvalue weighted by atomic mass is 16.5. The second kappa shape index (κ2) is 8.85. The fourth-order valence-corrected chi connectivity index (χ4v) is 2.64. The molecule has 2 N–H and O–H groups in total. The summed E-state index contributed by atoms with van der Waals surface area (Å²) in [6.07, 6.45) is 5.04. The molecule has 0 aliphatic heterocycles. The summed E-state index contributed by atoms with van der Waals surface area (Å²) < 4.78 is 12.3. The maximum absolute atomic E-state index is 12.3. The molecule has 3 aromatic rings. The number of amides is 1. The number of nitrogens with zero attached hydrogens (tertiary/aromatic N) is 4. The Hall–Kier alpha value is -3.62. The van der Waals surface area contributed by atoms with E-state index in [1.807, 2.05) is 23.8 Å². The average Bonchev–Trinajstić information content (AvgIpc) is 3.16. The summed E-state index contributed by atoms with van der Waals surface area (Å²) in [5.74, 6) is 3.12. The Kier molecular flexibility index (Phi) is 6.05. The number of aromatic nitrogens is 4. The highest BCUT2D eigenvalue weighted by Crippen LogP contribution is 2.27. The summed E-state index contributed by atoms with van der Waals surface area (Å²) >= 11 is 0. The Bertz CT molecular complexity index is 956. The molecule has 0 spiro atoms. The van der Waals surface area contributed by atoms with Crippen LogP contribution in [-0.2, 0) is 0 Å². The molecule has 28 heavy (non-hydrogen) atoms. The Morgan fingerprint density at radius 2 is 1.89 bits per heavy atom. The van der Waals surface area contributed by atoms with Gasteiger partial charge in [0.15, 0.2) is 11.5 Å². The van der Waals surface area contributed by atoms with Crippen molar-refractivity contribution in [3.05, 3.63) is 54.4 Å². The van der Waals surface area contributed by atoms with Crippen molar-refractivity contribution < 1.29 is 14.3 Å². The van der Waals surface area contributed by atoms with Crippen molar-refractivity contribution in [2.45, 2.75) is 6.92 Å². The van der Waals surface area contributed by atoms with Gasteiger partial charge in [-0.1, -0.05) is 0 Å². The van der Waals surface area contributed by atoms with E-state index in [-0.39, 0.29) is 5.91 Å². The van der Waals surface area contributed by atoms with Crippen molar-refractivity contribution in [1.82, 2.24) is 24.8 Å². The van der Waals surface area contributed by atoms with Gasteiger partial charge in [-0.05, 0) is 25.1 Å². The van der Waals surface area contributed by atoms with Crippen LogP contribution in [-0.4, -0.2) is 52.7 Å². The molecule has 2 aromatic heterocycles. The van der Waals surface area contributed by atoms with E-state index >= 15 is 0 Å². The molecule has 3 rings (SSSR count). The highest BCUT2D eigenvalue weighted by molar-refractivity contribution is 5.94. The van der Waals surface area contributed by atoms with E-state index in [0.29, 0.717) is 36.0 Å². The normalized spacial score (nSPS) is 10.4. The topological polar surface area (TPSA) is 103 Å². The second-order valence-electron chi connectivity index (χ2n) is 5.86. The van der Waals surface area contributed by atoms with Crippen LogP contribution in [0.3, 0.4) is 0 Å². The number of carbonyl (C=O) groups excluding carboxylic acids is 1. The van der Waals surface area contributed by atoms with Crippen molar-refractivity contribution >= 4 is 11.7 Å². The molecule has 0 saturated carbocycles. The fourth-order valence-electron chi connectivity index (χ4n) is 2.64. The maximum Gasteiger partial charge on any atom is 0.251 e. The van der Waals surface area contributed by atoms with Crippen LogP contribution in [0.1, 0.15) is 16.2 Å². The molecule has 0 unspecified atom stereocenters. The van der Waals surface area contributed by atoms with E-state index < -0.39 is 0 Å². The molecule has 0 saturated heterocycles. The van der Waals surface area contributed by atoms with Crippen LogP contribution in [0, 0.1) is 6.92 Å². The van der Waals surface area contributed by atoms with Crippen molar-refractivity contribution in [2.24, 2.45) is 0 Å². The first-order valence-corrected chi connectivity index (χ1v) is 8.69. The van der Waals surface area contributed by atoms with Gasteiger partial charge in [-0.2, -0.15) is 0 Å². The first-order chi connectivity index (χ1) is 13.6. The van der Waals surface area contributed by atoms with Gasteiger partial charge in [0.05, 0.1) is 14.2 Å². The zero-order valence-corrected chi connectivity index (χ0v) is 16.0. The number of carbonyl (C=O) groups is 1. The van der Waals surface area contributed by atoms with Gasteiger partial charge in [0, 0.05) is 37.1 Å². The van der Waals surface area contributed by atoms with Crippen LogP contribution in [0.4, 0.5) is 5.82 Å². The molecule has 9 heteroatoms. The first-order valence-electron chi connectivity index (χ1n) is 8.69. The van der Waals surface area contributed by atoms with E-state index in [2.05, 4.69) is 25.6 Å². The monoisotopic (exact) mass is 382 g/mol. The van der Waals surface area contributed by atoms with Crippen molar-refractivity contribution in [2.75, 3.05) is 32.6 Å². The van der Waals surface area contributed by atoms with Crippen LogP contribution in [0.15, 0.2) is 43.0 Å². The summed E-state index contributed by atoms with van der Waals surface area (Å²) in [5, 5.41) is 6.02. The zero-order valence-electron chi connectivity index (χ0n) is 16.0. The van der Waals surface area contributed by atoms with Crippen LogP contribution in [0.25, 0.3) is 5.82 Å². The minimum absolute atomic E-state index is 0.194. The second-order valence-corrected chi connectivity index (χ2v) is 5.86. The summed E-state index contributed by atoms with van der Waals surface area (Å²) in [6.45, 7) is 2.84. The SMILES string of the molecule is COc1ccc(C(=O)NCCNc2cc(-n3ccnc3C)ncn2)cc1OC. The van der Waals surface area contributed by atoms with Gasteiger partial charge in [0.2, 0.25) is 0 Å². The minimum atomic E-state index is -0.194. The first kappa shape index (κ1) is 19.2. The lowest BCUT2D eigenvalue weighted by molar-refractivity contribution is 0.0954. The Balaban J connectivity index is 1.53. The minimum Gasteiger partial charge on any atom is -0.493 e. The standard InChI is InChI=1S/C19H22N6O3/c1-13-20-8-9-25(13)18-11-17(23-12-24-18)21-6-7-22-19(26)14-4-5-15(27-2)16(10-14)28-3/h4-5,8-12H,6-7H2,1-3H3,(H,22,26)(H,21,23,24). The number of imidazole rings is 1. The predicted octanol–water partition coefficient (Wildman–Crippen LogP) is 1.83. The van der Waals surface area contributed by atoms with E-state index in [4.69, 9.17) is 9.47 Å². The Morgan fingerprint density at radius 3 is 2.61 bits per heavy atom. The van der Waals surface area contributed by atoms with Crippen LogP contribution >= 0.6 is 0 Å². The van der Waals surface area contributed by atoms with Crippen LogP contribution < -0.4 is 20.1 Å². The number of hydrogen-bond donors (Lipinski definition) is 2. The smallest absolute Gasteiger partial charge is 0.251 e. The largest absolute Gasteiger partial charge is 0.493 e. The third-order valence-corrected chi connectivity index (χ3v) is 4.09. The molecule has 0 radical (unpaired) electrons. The average molecular weight is 382 g/mol. The maximum atomic E-state index is 12.3. The lowest BCUT2D eigenvalue weighted by atomic mass is 10.2. The molecular weight excluding hydrogens is 360 g/mol. The fraction of sp³-hybridized carbons (Fsp3) is 0.263.